The first-order chi connectivity index (χ1) is 9.19. The molecule has 0 heterocycles. The van der Waals surface area contributed by atoms with Crippen molar-refractivity contribution in [3.8, 4) is 5.75 Å². The summed E-state index contributed by atoms with van der Waals surface area (Å²) >= 11 is 0. The molecule has 0 spiro atoms. The van der Waals surface area contributed by atoms with Crippen LogP contribution in [0.3, 0.4) is 0 Å². The fourth-order valence-corrected chi connectivity index (χ4v) is 2.44. The number of aromatic hydroxyl groups is 1. The molecule has 0 saturated heterocycles. The number of aliphatic hydroxyl groups is 1. The van der Waals surface area contributed by atoms with Crippen molar-refractivity contribution in [1.29, 1.82) is 0 Å². The number of rotatable bonds is 6. The average molecular weight is 306 g/mol. The molecule has 4 N–H and O–H groups in total. The van der Waals surface area contributed by atoms with Gasteiger partial charge in [0.05, 0.1) is 16.4 Å². The van der Waals surface area contributed by atoms with Gasteiger partial charge in [-0.3, -0.25) is 14.9 Å². The average Bonchev–Trinajstić information content (AvgIpc) is 2.35. The number of nitro groups is 1. The number of aliphatic carboxylic acids is 1. The quantitative estimate of drug-likeness (QED) is 0.384. The van der Waals surface area contributed by atoms with Gasteiger partial charge in [0, 0.05) is 6.07 Å². The van der Waals surface area contributed by atoms with E-state index >= 15 is 0 Å². The van der Waals surface area contributed by atoms with Gasteiger partial charge in [0.15, 0.2) is 5.75 Å². The van der Waals surface area contributed by atoms with Gasteiger partial charge < -0.3 is 15.3 Å². The lowest BCUT2D eigenvalue weighted by Crippen LogP contribution is -2.43. The fraction of sp³-hybridized carbons (Fsp3) is 0.222. The van der Waals surface area contributed by atoms with Gasteiger partial charge in [0.25, 0.3) is 0 Å². The Morgan fingerprint density at radius 1 is 1.45 bits per heavy atom. The molecule has 0 bridgehead atoms. The molecule has 0 saturated carbocycles. The summed E-state index contributed by atoms with van der Waals surface area (Å²) in [6, 6.07) is 0.448. The SMILES string of the molecule is O=C(O)C(CO)NS(=O)(=O)c1ccc(O)c([N+](=O)[O-])c1. The number of hydrogen-bond donors (Lipinski definition) is 4. The number of nitrogens with one attached hydrogen (secondary N) is 1. The standard InChI is InChI=1S/C9H10N2O8S/c12-4-6(9(14)15)10-20(18,19)5-1-2-8(13)7(3-5)11(16)17/h1-3,6,10,12-13H,4H2,(H,14,15). The molecule has 1 atom stereocenters. The second-order valence-electron chi connectivity index (χ2n) is 3.60. The van der Waals surface area contributed by atoms with Gasteiger partial charge in [-0.05, 0) is 12.1 Å². The minimum atomic E-state index is -4.40. The molecule has 110 valence electrons. The van der Waals surface area contributed by atoms with Gasteiger partial charge in [-0.2, -0.15) is 4.72 Å². The van der Waals surface area contributed by atoms with Crippen LogP contribution in [0, 0.1) is 10.1 Å². The smallest absolute Gasteiger partial charge is 0.324 e. The summed E-state index contributed by atoms with van der Waals surface area (Å²) < 4.78 is 25.3. The Labute approximate surface area is 112 Å². The predicted molar refractivity (Wildman–Crippen MR) is 63.6 cm³/mol. The van der Waals surface area contributed by atoms with E-state index < -0.39 is 49.9 Å². The number of nitro benzene ring substituents is 1. The lowest BCUT2D eigenvalue weighted by molar-refractivity contribution is -0.386. The first-order valence-electron chi connectivity index (χ1n) is 5.02. The molecule has 0 radical (unpaired) electrons. The molecular weight excluding hydrogens is 296 g/mol. The van der Waals surface area contributed by atoms with E-state index in [-0.39, 0.29) is 0 Å². The molecule has 0 amide bonds. The highest BCUT2D eigenvalue weighted by Crippen LogP contribution is 2.28. The number of phenolic OH excluding ortho intramolecular Hbond substituents is 1. The first-order valence-corrected chi connectivity index (χ1v) is 6.50. The number of aliphatic hydroxyl groups excluding tert-OH is 1. The van der Waals surface area contributed by atoms with Gasteiger partial charge in [-0.15, -0.1) is 0 Å². The fourth-order valence-electron chi connectivity index (χ4n) is 1.24. The van der Waals surface area contributed by atoms with Gasteiger partial charge in [-0.25, -0.2) is 8.42 Å². The van der Waals surface area contributed by atoms with E-state index in [1.54, 1.807) is 4.72 Å². The number of carboxylic acid groups (broad SMARTS) is 1. The molecule has 1 unspecified atom stereocenters. The molecule has 0 aliphatic carbocycles. The maximum atomic E-state index is 11.8. The second kappa shape index (κ2) is 5.81. The zero-order chi connectivity index (χ0) is 15.5. The van der Waals surface area contributed by atoms with E-state index in [1.165, 1.54) is 0 Å². The molecule has 1 aromatic rings. The summed E-state index contributed by atoms with van der Waals surface area (Å²) in [6.07, 6.45) is 0. The summed E-state index contributed by atoms with van der Waals surface area (Å²) in [7, 11) is -4.40. The van der Waals surface area contributed by atoms with E-state index in [0.29, 0.717) is 6.07 Å². The van der Waals surface area contributed by atoms with Crippen LogP contribution in [0.5, 0.6) is 5.75 Å². The van der Waals surface area contributed by atoms with Crippen LogP contribution in [0.15, 0.2) is 23.1 Å². The first kappa shape index (κ1) is 15.8. The van der Waals surface area contributed by atoms with Crippen LogP contribution in [0.1, 0.15) is 0 Å². The Balaban J connectivity index is 3.19. The van der Waals surface area contributed by atoms with Crippen molar-refractivity contribution >= 4 is 21.7 Å². The van der Waals surface area contributed by atoms with Crippen molar-refractivity contribution in [1.82, 2.24) is 4.72 Å². The molecule has 0 fully saturated rings. The Morgan fingerprint density at radius 2 is 2.05 bits per heavy atom. The van der Waals surface area contributed by atoms with E-state index in [0.717, 1.165) is 12.1 Å². The molecule has 10 nitrogen and oxygen atoms in total. The van der Waals surface area contributed by atoms with E-state index in [2.05, 4.69) is 0 Å². The lowest BCUT2D eigenvalue weighted by Gasteiger charge is -2.12. The number of nitrogens with zero attached hydrogens (tertiary/aromatic N) is 1. The zero-order valence-corrected chi connectivity index (χ0v) is 10.6. The Bertz CT molecular complexity index is 641. The van der Waals surface area contributed by atoms with Crippen molar-refractivity contribution in [3.05, 3.63) is 28.3 Å². The summed E-state index contributed by atoms with van der Waals surface area (Å²) in [5.41, 5.74) is -0.844. The normalized spacial score (nSPS) is 12.8. The van der Waals surface area contributed by atoms with E-state index in [9.17, 15) is 28.4 Å². The maximum absolute atomic E-state index is 11.8. The molecule has 0 aliphatic heterocycles. The minimum Gasteiger partial charge on any atom is -0.502 e. The van der Waals surface area contributed by atoms with Crippen LogP contribution < -0.4 is 4.72 Å². The Hall–Kier alpha value is -2.24. The zero-order valence-electron chi connectivity index (χ0n) is 9.75. The monoisotopic (exact) mass is 306 g/mol. The Kier molecular flexibility index (Phi) is 4.60. The molecule has 1 rings (SSSR count). The number of carbonyl (C=O) groups is 1. The molecule has 20 heavy (non-hydrogen) atoms. The Morgan fingerprint density at radius 3 is 2.50 bits per heavy atom. The topological polar surface area (TPSA) is 167 Å². The van der Waals surface area contributed by atoms with Crippen molar-refractivity contribution in [2.45, 2.75) is 10.9 Å². The van der Waals surface area contributed by atoms with Crippen molar-refractivity contribution < 1.29 is 33.5 Å². The highest BCUT2D eigenvalue weighted by molar-refractivity contribution is 7.89. The van der Waals surface area contributed by atoms with Crippen LogP contribution in [0.2, 0.25) is 0 Å². The summed E-state index contributed by atoms with van der Waals surface area (Å²) in [6.45, 7) is -0.991. The lowest BCUT2D eigenvalue weighted by atomic mass is 10.3. The van der Waals surface area contributed by atoms with Gasteiger partial charge in [0.1, 0.15) is 6.04 Å². The highest BCUT2D eigenvalue weighted by atomic mass is 32.2. The third-order valence-corrected chi connectivity index (χ3v) is 3.70. The van der Waals surface area contributed by atoms with Crippen molar-refractivity contribution in [2.24, 2.45) is 0 Å². The molecule has 0 aliphatic rings. The minimum absolute atomic E-state index is 0.577. The summed E-state index contributed by atoms with van der Waals surface area (Å²) in [5.74, 6) is -2.34. The van der Waals surface area contributed by atoms with E-state index in [1.807, 2.05) is 0 Å². The third kappa shape index (κ3) is 3.40. The largest absolute Gasteiger partial charge is 0.502 e. The van der Waals surface area contributed by atoms with Crippen LogP contribution in [0.25, 0.3) is 0 Å². The number of hydrogen-bond acceptors (Lipinski definition) is 7. The van der Waals surface area contributed by atoms with Crippen LogP contribution in [-0.2, 0) is 14.8 Å². The molecule has 1 aromatic carbocycles. The number of phenols is 1. The number of carboxylic acids is 1. The van der Waals surface area contributed by atoms with E-state index in [4.69, 9.17) is 10.2 Å². The third-order valence-electron chi connectivity index (χ3n) is 2.23. The van der Waals surface area contributed by atoms with Gasteiger partial charge in [-0.1, -0.05) is 0 Å². The summed E-state index contributed by atoms with van der Waals surface area (Å²) in [5, 5.41) is 37.2. The summed E-state index contributed by atoms with van der Waals surface area (Å²) in [4.78, 5) is 19.6. The van der Waals surface area contributed by atoms with Gasteiger partial charge in [0.2, 0.25) is 10.0 Å². The number of sulfonamides is 1. The van der Waals surface area contributed by atoms with Crippen molar-refractivity contribution in [3.63, 3.8) is 0 Å². The van der Waals surface area contributed by atoms with Crippen LogP contribution in [-0.4, -0.2) is 47.3 Å². The highest BCUT2D eigenvalue weighted by Gasteiger charge is 2.27. The predicted octanol–water partition coefficient (Wildman–Crippen LogP) is -0.976. The number of benzene rings is 1. The molecular formula is C9H10N2O8S. The molecule has 0 aromatic heterocycles. The maximum Gasteiger partial charge on any atom is 0.324 e. The molecule has 11 heteroatoms. The van der Waals surface area contributed by atoms with Crippen LogP contribution >= 0.6 is 0 Å². The van der Waals surface area contributed by atoms with Gasteiger partial charge >= 0.3 is 11.7 Å². The van der Waals surface area contributed by atoms with Crippen LogP contribution in [0.4, 0.5) is 5.69 Å². The van der Waals surface area contributed by atoms with Crippen molar-refractivity contribution in [2.75, 3.05) is 6.61 Å². The second-order valence-corrected chi connectivity index (χ2v) is 5.32.